The lowest BCUT2D eigenvalue weighted by Crippen LogP contribution is -2.45. The zero-order valence-corrected chi connectivity index (χ0v) is 12.9. The highest BCUT2D eigenvalue weighted by Crippen LogP contribution is 2.35. The Morgan fingerprint density at radius 2 is 2.19 bits per heavy atom. The molecule has 6 heteroatoms. The fraction of sp³-hybridized carbons (Fsp3) is 0.467. The van der Waals surface area contributed by atoms with Crippen LogP contribution in [0.3, 0.4) is 0 Å². The van der Waals surface area contributed by atoms with Gasteiger partial charge in [0.05, 0.1) is 4.92 Å². The van der Waals surface area contributed by atoms with Gasteiger partial charge >= 0.3 is 0 Å². The van der Waals surface area contributed by atoms with Crippen molar-refractivity contribution in [3.8, 4) is 0 Å². The Bertz CT molecular complexity index is 542. The minimum absolute atomic E-state index is 0.0521. The molecule has 0 unspecified atom stereocenters. The van der Waals surface area contributed by atoms with Crippen molar-refractivity contribution >= 4 is 17.3 Å². The molecular weight excluding hydrogens is 290 g/mol. The summed E-state index contributed by atoms with van der Waals surface area (Å²) in [6, 6.07) is 4.73. The topological polar surface area (TPSA) is 58.4 Å². The summed E-state index contributed by atoms with van der Waals surface area (Å²) < 4.78 is 0. The summed E-state index contributed by atoms with van der Waals surface area (Å²) in [7, 11) is 0. The van der Waals surface area contributed by atoms with Gasteiger partial charge in [-0.2, -0.15) is 0 Å². The number of hydrogen-bond acceptors (Lipinski definition) is 4. The van der Waals surface area contributed by atoms with Crippen LogP contribution in [0, 0.1) is 10.1 Å². The molecule has 1 aromatic carbocycles. The van der Waals surface area contributed by atoms with Crippen LogP contribution < -0.4 is 5.32 Å². The molecular formula is C15H20ClN3O2. The number of hydrogen-bond donors (Lipinski definition) is 1. The fourth-order valence-corrected chi connectivity index (χ4v) is 2.90. The van der Waals surface area contributed by atoms with Gasteiger partial charge in [-0.15, -0.1) is 6.58 Å². The predicted molar refractivity (Wildman–Crippen MR) is 84.7 cm³/mol. The molecule has 0 aliphatic carbocycles. The molecule has 0 amide bonds. The summed E-state index contributed by atoms with van der Waals surface area (Å²) >= 11 is 6.07. The third kappa shape index (κ3) is 4.03. The maximum atomic E-state index is 11.3. The van der Waals surface area contributed by atoms with Crippen LogP contribution in [0.25, 0.3) is 0 Å². The summed E-state index contributed by atoms with van der Waals surface area (Å²) in [5.74, 6) is 0. The minimum Gasteiger partial charge on any atom is -0.314 e. The molecule has 1 atom stereocenters. The largest absolute Gasteiger partial charge is 0.314 e. The van der Waals surface area contributed by atoms with Crippen molar-refractivity contribution in [2.75, 3.05) is 26.2 Å². The average molecular weight is 310 g/mol. The molecule has 0 bridgehead atoms. The minimum atomic E-state index is -0.334. The Hall–Kier alpha value is -1.43. The second-order valence-electron chi connectivity index (χ2n) is 5.42. The third-order valence-electron chi connectivity index (χ3n) is 3.68. The highest BCUT2D eigenvalue weighted by atomic mass is 35.5. The first-order valence-corrected chi connectivity index (χ1v) is 7.40. The molecule has 0 spiro atoms. The second kappa shape index (κ2) is 7.02. The van der Waals surface area contributed by atoms with Gasteiger partial charge in [0.15, 0.2) is 0 Å². The molecule has 1 aliphatic rings. The van der Waals surface area contributed by atoms with E-state index in [2.05, 4.69) is 16.8 Å². The molecule has 21 heavy (non-hydrogen) atoms. The summed E-state index contributed by atoms with van der Waals surface area (Å²) in [6.45, 7) is 9.42. The molecule has 1 aromatic rings. The Kier molecular flexibility index (Phi) is 5.33. The van der Waals surface area contributed by atoms with Crippen LogP contribution in [0.2, 0.25) is 5.02 Å². The first kappa shape index (κ1) is 15.9. The molecule has 0 aromatic heterocycles. The summed E-state index contributed by atoms with van der Waals surface area (Å²) in [5, 5.41) is 15.1. The van der Waals surface area contributed by atoms with Crippen molar-refractivity contribution in [2.45, 2.75) is 19.4 Å². The maximum absolute atomic E-state index is 11.3. The highest BCUT2D eigenvalue weighted by molar-refractivity contribution is 6.30. The van der Waals surface area contributed by atoms with Crippen molar-refractivity contribution in [3.05, 3.63) is 51.1 Å². The fourth-order valence-electron chi connectivity index (χ4n) is 2.72. The van der Waals surface area contributed by atoms with Crippen molar-refractivity contribution in [1.82, 2.24) is 10.2 Å². The molecule has 1 heterocycles. The van der Waals surface area contributed by atoms with E-state index in [-0.39, 0.29) is 16.7 Å². The van der Waals surface area contributed by atoms with Crippen LogP contribution in [0.4, 0.5) is 5.69 Å². The van der Waals surface area contributed by atoms with Gasteiger partial charge in [-0.05, 0) is 25.5 Å². The number of benzene rings is 1. The van der Waals surface area contributed by atoms with Gasteiger partial charge in [-0.1, -0.05) is 17.2 Å². The van der Waals surface area contributed by atoms with E-state index in [1.54, 1.807) is 12.1 Å². The molecule has 1 aliphatic heterocycles. The maximum Gasteiger partial charge on any atom is 0.274 e. The first-order valence-electron chi connectivity index (χ1n) is 7.02. The zero-order valence-electron chi connectivity index (χ0n) is 12.1. The van der Waals surface area contributed by atoms with E-state index >= 15 is 0 Å². The van der Waals surface area contributed by atoms with Crippen LogP contribution in [0.5, 0.6) is 0 Å². The Morgan fingerprint density at radius 1 is 1.52 bits per heavy atom. The van der Waals surface area contributed by atoms with Crippen molar-refractivity contribution in [2.24, 2.45) is 0 Å². The van der Waals surface area contributed by atoms with Crippen molar-refractivity contribution < 1.29 is 4.92 Å². The molecule has 0 saturated carbocycles. The van der Waals surface area contributed by atoms with Gasteiger partial charge in [0.25, 0.3) is 5.69 Å². The first-order chi connectivity index (χ1) is 9.99. The van der Waals surface area contributed by atoms with E-state index in [1.165, 1.54) is 6.07 Å². The molecule has 114 valence electrons. The number of nitrogens with one attached hydrogen (secondary N) is 1. The number of nitro benzene ring substituents is 1. The van der Waals surface area contributed by atoms with Gasteiger partial charge in [-0.3, -0.25) is 15.0 Å². The van der Waals surface area contributed by atoms with Gasteiger partial charge in [0.1, 0.15) is 0 Å². The smallest absolute Gasteiger partial charge is 0.274 e. The number of nitro groups is 1. The SMILES string of the molecule is C=C(C)C[C@@H](c1cc(Cl)ccc1[N+](=O)[O-])N1CCNCC1. The van der Waals surface area contributed by atoms with E-state index in [9.17, 15) is 10.1 Å². The standard InChI is InChI=1S/C15H20ClN3O2/c1-11(2)9-15(18-7-5-17-6-8-18)13-10-12(16)3-4-14(13)19(20)21/h3-4,10,15,17H,1,5-9H2,2H3/t15-/m0/s1. The molecule has 2 rings (SSSR count). The van der Waals surface area contributed by atoms with E-state index < -0.39 is 0 Å². The van der Waals surface area contributed by atoms with Gasteiger partial charge < -0.3 is 5.32 Å². The molecule has 1 saturated heterocycles. The van der Waals surface area contributed by atoms with Gasteiger partial charge in [-0.25, -0.2) is 0 Å². The Labute approximate surface area is 129 Å². The highest BCUT2D eigenvalue weighted by Gasteiger charge is 2.28. The van der Waals surface area contributed by atoms with Gasteiger partial charge in [0.2, 0.25) is 0 Å². The lowest BCUT2D eigenvalue weighted by Gasteiger charge is -2.35. The number of piperazine rings is 1. The van der Waals surface area contributed by atoms with Crippen LogP contribution >= 0.6 is 11.6 Å². The van der Waals surface area contributed by atoms with Crippen LogP contribution in [0.1, 0.15) is 24.9 Å². The summed E-state index contributed by atoms with van der Waals surface area (Å²) in [4.78, 5) is 13.2. The second-order valence-corrected chi connectivity index (χ2v) is 5.86. The van der Waals surface area contributed by atoms with E-state index in [0.717, 1.165) is 31.8 Å². The number of rotatable bonds is 5. The van der Waals surface area contributed by atoms with Crippen LogP contribution in [-0.4, -0.2) is 36.0 Å². The van der Waals surface area contributed by atoms with E-state index in [4.69, 9.17) is 11.6 Å². The van der Waals surface area contributed by atoms with Crippen molar-refractivity contribution in [1.29, 1.82) is 0 Å². The number of nitrogens with zero attached hydrogens (tertiary/aromatic N) is 2. The lowest BCUT2D eigenvalue weighted by molar-refractivity contribution is -0.386. The van der Waals surface area contributed by atoms with E-state index in [0.29, 0.717) is 17.0 Å². The Balaban J connectivity index is 2.41. The third-order valence-corrected chi connectivity index (χ3v) is 3.91. The summed E-state index contributed by atoms with van der Waals surface area (Å²) in [5.41, 5.74) is 1.81. The predicted octanol–water partition coefficient (Wildman–Crippen LogP) is 3.16. The average Bonchev–Trinajstić information content (AvgIpc) is 2.45. The monoisotopic (exact) mass is 309 g/mol. The molecule has 1 fully saturated rings. The van der Waals surface area contributed by atoms with Gasteiger partial charge in [0, 0.05) is 48.9 Å². The quantitative estimate of drug-likeness (QED) is 0.515. The van der Waals surface area contributed by atoms with Crippen LogP contribution in [-0.2, 0) is 0 Å². The number of halogens is 1. The lowest BCUT2D eigenvalue weighted by atomic mass is 9.96. The summed E-state index contributed by atoms with van der Waals surface area (Å²) in [6.07, 6.45) is 0.696. The zero-order chi connectivity index (χ0) is 15.4. The molecule has 0 radical (unpaired) electrons. The van der Waals surface area contributed by atoms with E-state index in [1.807, 2.05) is 6.92 Å². The molecule has 5 nitrogen and oxygen atoms in total. The molecule has 1 N–H and O–H groups in total. The normalized spacial score (nSPS) is 17.4. The van der Waals surface area contributed by atoms with Crippen molar-refractivity contribution in [3.63, 3.8) is 0 Å². The van der Waals surface area contributed by atoms with Crippen LogP contribution in [0.15, 0.2) is 30.4 Å². The Morgan fingerprint density at radius 3 is 2.76 bits per heavy atom.